The molecule has 1 aliphatic rings. The first kappa shape index (κ1) is 25.6. The summed E-state index contributed by atoms with van der Waals surface area (Å²) in [6, 6.07) is 20.7. The topological polar surface area (TPSA) is 67.7 Å². The summed E-state index contributed by atoms with van der Waals surface area (Å²) in [6.07, 6.45) is 6.38. The Labute approximate surface area is 224 Å². The first-order chi connectivity index (χ1) is 18.6. The van der Waals surface area contributed by atoms with E-state index >= 15 is 0 Å². The Morgan fingerprint density at radius 2 is 1.74 bits per heavy atom. The van der Waals surface area contributed by atoms with Crippen LogP contribution < -0.4 is 19.7 Å². The zero-order chi connectivity index (χ0) is 26.5. The summed E-state index contributed by atoms with van der Waals surface area (Å²) in [6.45, 7) is 2.67. The quantitative estimate of drug-likeness (QED) is 0.335. The van der Waals surface area contributed by atoms with Gasteiger partial charge in [0.15, 0.2) is 0 Å². The fraction of sp³-hybridized carbons (Fsp3) is 0.333. The van der Waals surface area contributed by atoms with Crippen molar-refractivity contribution in [3.05, 3.63) is 78.6 Å². The summed E-state index contributed by atoms with van der Waals surface area (Å²) in [5.74, 6) is 2.32. The number of benzene rings is 2. The van der Waals surface area contributed by atoms with E-state index in [0.717, 1.165) is 52.9 Å². The largest absolute Gasteiger partial charge is 0.497 e. The molecular formula is C30H36N6O2. The third kappa shape index (κ3) is 5.60. The summed E-state index contributed by atoms with van der Waals surface area (Å²) < 4.78 is 13.1. The predicted octanol–water partition coefficient (Wildman–Crippen LogP) is 5.09. The summed E-state index contributed by atoms with van der Waals surface area (Å²) >= 11 is 0. The number of para-hydroxylation sites is 1. The molecule has 0 amide bonds. The molecule has 0 atom stereocenters. The van der Waals surface area contributed by atoms with E-state index in [9.17, 15) is 0 Å². The highest BCUT2D eigenvalue weighted by Gasteiger charge is 2.21. The van der Waals surface area contributed by atoms with Gasteiger partial charge in [0, 0.05) is 43.0 Å². The SMILES string of the molecule is COc1ccc(OC)c(-c2nn(-c3ccccc3)cc2CNc2ccc(N3CCC(N(C)C)CC3)cn2)c1. The molecule has 8 heteroatoms. The smallest absolute Gasteiger partial charge is 0.128 e. The second-order valence-electron chi connectivity index (χ2n) is 9.79. The van der Waals surface area contributed by atoms with Crippen molar-refractivity contribution in [1.82, 2.24) is 19.7 Å². The number of hydrogen-bond acceptors (Lipinski definition) is 7. The lowest BCUT2D eigenvalue weighted by molar-refractivity contribution is 0.249. The van der Waals surface area contributed by atoms with Gasteiger partial charge in [-0.2, -0.15) is 5.10 Å². The van der Waals surface area contributed by atoms with Gasteiger partial charge in [-0.05, 0) is 69.4 Å². The number of hydrogen-bond donors (Lipinski definition) is 1. The molecule has 198 valence electrons. The van der Waals surface area contributed by atoms with Crippen LogP contribution >= 0.6 is 0 Å². The number of aromatic nitrogens is 3. The van der Waals surface area contributed by atoms with Gasteiger partial charge < -0.3 is 24.6 Å². The summed E-state index contributed by atoms with van der Waals surface area (Å²) in [4.78, 5) is 9.47. The van der Waals surface area contributed by atoms with Crippen molar-refractivity contribution in [3.63, 3.8) is 0 Å². The maximum Gasteiger partial charge on any atom is 0.128 e. The molecule has 1 aliphatic heterocycles. The van der Waals surface area contributed by atoms with Crippen molar-refractivity contribution < 1.29 is 9.47 Å². The molecule has 1 saturated heterocycles. The van der Waals surface area contributed by atoms with Crippen LogP contribution in [0.1, 0.15) is 18.4 Å². The van der Waals surface area contributed by atoms with Crippen LogP contribution in [-0.4, -0.2) is 67.1 Å². The van der Waals surface area contributed by atoms with Crippen LogP contribution in [0, 0.1) is 0 Å². The van der Waals surface area contributed by atoms with E-state index < -0.39 is 0 Å². The number of anilines is 2. The Kier molecular flexibility index (Phi) is 7.79. The standard InChI is InChI=1S/C30H36N6O2/c1-34(2)23-14-16-35(17-15-23)25-10-13-29(32-20-25)31-19-22-21-36(24-8-6-5-7-9-24)33-30(22)27-18-26(37-3)11-12-28(27)38-4/h5-13,18,20-21,23H,14-17,19H2,1-4H3,(H,31,32). The maximum absolute atomic E-state index is 5.68. The van der Waals surface area contributed by atoms with Gasteiger partial charge in [-0.1, -0.05) is 18.2 Å². The predicted molar refractivity (Wildman–Crippen MR) is 153 cm³/mol. The fourth-order valence-electron chi connectivity index (χ4n) is 4.98. The monoisotopic (exact) mass is 512 g/mol. The normalized spacial score (nSPS) is 14.1. The highest BCUT2D eigenvalue weighted by atomic mass is 16.5. The number of nitrogens with zero attached hydrogens (tertiary/aromatic N) is 5. The minimum atomic E-state index is 0.559. The van der Waals surface area contributed by atoms with Gasteiger partial charge >= 0.3 is 0 Å². The van der Waals surface area contributed by atoms with Crippen molar-refractivity contribution in [3.8, 4) is 28.4 Å². The summed E-state index contributed by atoms with van der Waals surface area (Å²) in [7, 11) is 7.67. The molecule has 1 fully saturated rings. The minimum absolute atomic E-state index is 0.559. The van der Waals surface area contributed by atoms with Crippen LogP contribution in [0.5, 0.6) is 11.5 Å². The average Bonchev–Trinajstić information content (AvgIpc) is 3.40. The van der Waals surface area contributed by atoms with Gasteiger partial charge in [-0.3, -0.25) is 0 Å². The van der Waals surface area contributed by atoms with Gasteiger partial charge in [0.25, 0.3) is 0 Å². The van der Waals surface area contributed by atoms with Crippen LogP contribution in [0.15, 0.2) is 73.1 Å². The number of nitrogens with one attached hydrogen (secondary N) is 1. The van der Waals surface area contributed by atoms with E-state index in [0.29, 0.717) is 12.6 Å². The first-order valence-electron chi connectivity index (χ1n) is 13.0. The summed E-state index contributed by atoms with van der Waals surface area (Å²) in [5.41, 5.74) is 4.89. The van der Waals surface area contributed by atoms with E-state index in [4.69, 9.17) is 19.6 Å². The number of piperidine rings is 1. The molecule has 0 bridgehead atoms. The van der Waals surface area contributed by atoms with E-state index in [-0.39, 0.29) is 0 Å². The molecule has 0 spiro atoms. The van der Waals surface area contributed by atoms with Gasteiger partial charge in [0.2, 0.25) is 0 Å². The van der Waals surface area contributed by atoms with Crippen molar-refractivity contribution in [2.45, 2.75) is 25.4 Å². The molecule has 0 unspecified atom stereocenters. The first-order valence-corrected chi connectivity index (χ1v) is 13.0. The van der Waals surface area contributed by atoms with Crippen LogP contribution in [0.4, 0.5) is 11.5 Å². The number of methoxy groups -OCH3 is 2. The van der Waals surface area contributed by atoms with Crippen LogP contribution in [0.2, 0.25) is 0 Å². The Morgan fingerprint density at radius 1 is 0.947 bits per heavy atom. The number of pyridine rings is 1. The van der Waals surface area contributed by atoms with Crippen molar-refractivity contribution in [2.75, 3.05) is 51.6 Å². The van der Waals surface area contributed by atoms with Crippen molar-refractivity contribution in [1.29, 1.82) is 0 Å². The van der Waals surface area contributed by atoms with Crippen molar-refractivity contribution in [2.24, 2.45) is 0 Å². The molecule has 38 heavy (non-hydrogen) atoms. The Morgan fingerprint density at radius 3 is 2.39 bits per heavy atom. The lowest BCUT2D eigenvalue weighted by Gasteiger charge is -2.36. The Bertz CT molecular complexity index is 1330. The molecule has 1 N–H and O–H groups in total. The van der Waals surface area contributed by atoms with E-state index in [1.54, 1.807) is 14.2 Å². The van der Waals surface area contributed by atoms with E-state index in [1.165, 1.54) is 18.5 Å². The van der Waals surface area contributed by atoms with Crippen molar-refractivity contribution >= 4 is 11.5 Å². The van der Waals surface area contributed by atoms with Gasteiger partial charge in [-0.25, -0.2) is 9.67 Å². The minimum Gasteiger partial charge on any atom is -0.497 e. The maximum atomic E-state index is 5.68. The molecule has 2 aromatic carbocycles. The molecule has 3 heterocycles. The second kappa shape index (κ2) is 11.6. The molecule has 0 saturated carbocycles. The molecule has 0 aliphatic carbocycles. The second-order valence-corrected chi connectivity index (χ2v) is 9.79. The average molecular weight is 513 g/mol. The van der Waals surface area contributed by atoms with Gasteiger partial charge in [-0.15, -0.1) is 0 Å². The third-order valence-electron chi connectivity index (χ3n) is 7.24. The fourth-order valence-corrected chi connectivity index (χ4v) is 4.98. The van der Waals surface area contributed by atoms with Crippen LogP contribution in [0.3, 0.4) is 0 Å². The lowest BCUT2D eigenvalue weighted by atomic mass is 10.0. The zero-order valence-electron chi connectivity index (χ0n) is 22.6. The zero-order valence-corrected chi connectivity index (χ0v) is 22.6. The third-order valence-corrected chi connectivity index (χ3v) is 7.24. The van der Waals surface area contributed by atoms with Crippen LogP contribution in [-0.2, 0) is 6.54 Å². The molecule has 2 aromatic heterocycles. The highest BCUT2D eigenvalue weighted by molar-refractivity contribution is 5.72. The Balaban J connectivity index is 1.37. The van der Waals surface area contributed by atoms with Gasteiger partial charge in [0.1, 0.15) is 23.0 Å². The number of rotatable bonds is 9. The number of ether oxygens (including phenoxy) is 2. The molecule has 5 rings (SSSR count). The molecule has 0 radical (unpaired) electrons. The van der Waals surface area contributed by atoms with Gasteiger partial charge in [0.05, 0.1) is 31.8 Å². The molecule has 4 aromatic rings. The molecule has 8 nitrogen and oxygen atoms in total. The van der Waals surface area contributed by atoms with E-state index in [1.807, 2.05) is 59.4 Å². The van der Waals surface area contributed by atoms with Crippen LogP contribution in [0.25, 0.3) is 16.9 Å². The van der Waals surface area contributed by atoms with E-state index in [2.05, 4.69) is 47.5 Å². The summed E-state index contributed by atoms with van der Waals surface area (Å²) in [5, 5.41) is 8.44. The lowest BCUT2D eigenvalue weighted by Crippen LogP contribution is -2.42. The molecular weight excluding hydrogens is 476 g/mol. The highest BCUT2D eigenvalue weighted by Crippen LogP contribution is 2.35. The Hall–Kier alpha value is -4.04.